The van der Waals surface area contributed by atoms with Crippen LogP contribution in [0.4, 0.5) is 4.39 Å². The van der Waals surface area contributed by atoms with E-state index in [1.54, 1.807) is 42.1 Å². The molecule has 0 unspecified atom stereocenters. The molecule has 0 fully saturated rings. The minimum absolute atomic E-state index is 0.0683. The third-order valence-corrected chi connectivity index (χ3v) is 6.15. The van der Waals surface area contributed by atoms with E-state index in [0.29, 0.717) is 27.5 Å². The van der Waals surface area contributed by atoms with Crippen molar-refractivity contribution in [3.8, 4) is 17.0 Å². The number of hydrogen-bond donors (Lipinski definition) is 1. The Hall–Kier alpha value is -4.24. The van der Waals surface area contributed by atoms with Crippen molar-refractivity contribution < 1.29 is 23.8 Å². The van der Waals surface area contributed by atoms with Gasteiger partial charge in [0.1, 0.15) is 18.2 Å². The Morgan fingerprint density at radius 2 is 1.86 bits per heavy atom. The molecule has 4 aromatic rings. The Bertz CT molecular complexity index is 1490. The smallest absolute Gasteiger partial charge is 0.335 e. The van der Waals surface area contributed by atoms with E-state index < -0.39 is 11.8 Å². The van der Waals surface area contributed by atoms with Crippen LogP contribution in [0.1, 0.15) is 37.5 Å². The SMILES string of the molecule is Cn1nc(C(=O)N(Cc2ccc(C(=O)O)cc2)Cc2cncc(F)c2)c2c1-c1cc(Cl)ccc1OC2. The van der Waals surface area contributed by atoms with Crippen LogP contribution in [0.5, 0.6) is 5.75 Å². The number of carbonyl (C=O) groups is 2. The molecule has 1 aliphatic rings. The van der Waals surface area contributed by atoms with Gasteiger partial charge in [-0.3, -0.25) is 14.5 Å². The predicted octanol–water partition coefficient (Wildman–Crippen LogP) is 4.71. The van der Waals surface area contributed by atoms with Gasteiger partial charge in [0.2, 0.25) is 0 Å². The van der Waals surface area contributed by atoms with E-state index in [9.17, 15) is 19.1 Å². The highest BCUT2D eigenvalue weighted by Crippen LogP contribution is 2.40. The average Bonchev–Trinajstić information content (AvgIpc) is 3.20. The van der Waals surface area contributed by atoms with Crippen LogP contribution >= 0.6 is 11.6 Å². The molecule has 1 amide bonds. The second kappa shape index (κ2) is 9.43. The number of carboxylic acids is 1. The lowest BCUT2D eigenvalue weighted by Gasteiger charge is -2.24. The number of aryl methyl sites for hydroxylation is 1. The summed E-state index contributed by atoms with van der Waals surface area (Å²) in [6, 6.07) is 12.8. The van der Waals surface area contributed by atoms with Crippen LogP contribution in [0, 0.1) is 5.82 Å². The first-order valence-electron chi connectivity index (χ1n) is 11.0. The predicted molar refractivity (Wildman–Crippen MR) is 129 cm³/mol. The maximum absolute atomic E-state index is 13.8. The maximum atomic E-state index is 13.8. The second-order valence-corrected chi connectivity index (χ2v) is 8.84. The number of carbonyl (C=O) groups excluding carboxylic acids is 1. The molecule has 8 nitrogen and oxygen atoms in total. The summed E-state index contributed by atoms with van der Waals surface area (Å²) >= 11 is 6.21. The highest BCUT2D eigenvalue weighted by Gasteiger charge is 2.31. The molecule has 0 spiro atoms. The van der Waals surface area contributed by atoms with E-state index in [-0.39, 0.29) is 36.9 Å². The van der Waals surface area contributed by atoms with E-state index in [1.807, 2.05) is 0 Å². The number of amides is 1. The lowest BCUT2D eigenvalue weighted by atomic mass is 10.0. The van der Waals surface area contributed by atoms with Crippen LogP contribution in [0.2, 0.25) is 5.02 Å². The molecular weight excluding hydrogens is 487 g/mol. The molecule has 2 aromatic heterocycles. The molecule has 36 heavy (non-hydrogen) atoms. The molecule has 0 bridgehead atoms. The summed E-state index contributed by atoms with van der Waals surface area (Å²) in [5.41, 5.74) is 3.66. The van der Waals surface area contributed by atoms with Gasteiger partial charge >= 0.3 is 5.97 Å². The van der Waals surface area contributed by atoms with Crippen LogP contribution in [0.3, 0.4) is 0 Å². The number of nitrogens with zero attached hydrogens (tertiary/aromatic N) is 4. The van der Waals surface area contributed by atoms with Gasteiger partial charge in [0.25, 0.3) is 5.91 Å². The monoisotopic (exact) mass is 506 g/mol. The number of ether oxygens (including phenoxy) is 1. The molecule has 1 aliphatic heterocycles. The van der Waals surface area contributed by atoms with E-state index in [4.69, 9.17) is 16.3 Å². The Morgan fingerprint density at radius 1 is 1.11 bits per heavy atom. The number of fused-ring (bicyclic) bond motifs is 3. The fourth-order valence-corrected chi connectivity index (χ4v) is 4.43. The Labute approximate surface area is 210 Å². The molecule has 10 heteroatoms. The Kier molecular flexibility index (Phi) is 6.15. The van der Waals surface area contributed by atoms with Gasteiger partial charge in [0.05, 0.1) is 17.5 Å². The second-order valence-electron chi connectivity index (χ2n) is 8.40. The van der Waals surface area contributed by atoms with E-state index >= 15 is 0 Å². The molecule has 1 N–H and O–H groups in total. The Balaban J connectivity index is 1.52. The highest BCUT2D eigenvalue weighted by atomic mass is 35.5. The zero-order valence-electron chi connectivity index (χ0n) is 19.1. The summed E-state index contributed by atoms with van der Waals surface area (Å²) in [4.78, 5) is 30.4. The summed E-state index contributed by atoms with van der Waals surface area (Å²) < 4.78 is 21.3. The van der Waals surface area contributed by atoms with Gasteiger partial charge in [-0.1, -0.05) is 23.7 Å². The quantitative estimate of drug-likeness (QED) is 0.407. The van der Waals surface area contributed by atoms with Gasteiger partial charge < -0.3 is 14.7 Å². The first-order chi connectivity index (χ1) is 17.3. The summed E-state index contributed by atoms with van der Waals surface area (Å²) in [5, 5.41) is 14.2. The summed E-state index contributed by atoms with van der Waals surface area (Å²) in [6.45, 7) is 0.365. The van der Waals surface area contributed by atoms with Crippen LogP contribution in [0.15, 0.2) is 60.9 Å². The molecule has 0 radical (unpaired) electrons. The summed E-state index contributed by atoms with van der Waals surface area (Å²) in [6.07, 6.45) is 2.58. The number of rotatable bonds is 6. The lowest BCUT2D eigenvalue weighted by Crippen LogP contribution is -2.31. The topological polar surface area (TPSA) is 97.6 Å². The third-order valence-electron chi connectivity index (χ3n) is 5.91. The molecule has 0 saturated heterocycles. The molecule has 3 heterocycles. The van der Waals surface area contributed by atoms with Gasteiger partial charge in [-0.2, -0.15) is 5.10 Å². The van der Waals surface area contributed by atoms with Crippen molar-refractivity contribution >= 4 is 23.5 Å². The minimum Gasteiger partial charge on any atom is -0.488 e. The van der Waals surface area contributed by atoms with Crippen molar-refractivity contribution in [3.05, 3.63) is 99.7 Å². The molecule has 0 aliphatic carbocycles. The molecule has 0 atom stereocenters. The summed E-state index contributed by atoms with van der Waals surface area (Å²) in [5.74, 6) is -1.29. The molecule has 182 valence electrons. The fourth-order valence-electron chi connectivity index (χ4n) is 4.26. The number of hydrogen-bond acceptors (Lipinski definition) is 5. The minimum atomic E-state index is -1.04. The first-order valence-corrected chi connectivity index (χ1v) is 11.4. The number of aromatic carboxylic acids is 1. The number of carboxylic acid groups (broad SMARTS) is 1. The number of halogens is 2. The zero-order chi connectivity index (χ0) is 25.4. The lowest BCUT2D eigenvalue weighted by molar-refractivity contribution is 0.0692. The van der Waals surface area contributed by atoms with Crippen LogP contribution in [-0.4, -0.2) is 36.6 Å². The van der Waals surface area contributed by atoms with Crippen molar-refractivity contribution in [2.24, 2.45) is 7.05 Å². The standard InChI is InChI=1S/C26H20ClFN4O4/c1-31-24-20-9-18(27)6-7-22(20)36-14-21(24)23(30-31)25(33)32(13-16-8-19(28)11-29-10-16)12-15-2-4-17(5-3-15)26(34)35/h2-11H,12-14H2,1H3,(H,34,35). The van der Waals surface area contributed by atoms with Crippen molar-refractivity contribution in [1.82, 2.24) is 19.7 Å². The normalized spacial score (nSPS) is 11.9. The van der Waals surface area contributed by atoms with Crippen molar-refractivity contribution in [3.63, 3.8) is 0 Å². The molecule has 5 rings (SSSR count). The van der Waals surface area contributed by atoms with Crippen LogP contribution in [0.25, 0.3) is 11.3 Å². The largest absolute Gasteiger partial charge is 0.488 e. The summed E-state index contributed by atoms with van der Waals surface area (Å²) in [7, 11) is 1.75. The van der Waals surface area contributed by atoms with Crippen molar-refractivity contribution in [1.29, 1.82) is 0 Å². The van der Waals surface area contributed by atoms with E-state index in [0.717, 1.165) is 17.5 Å². The average molecular weight is 507 g/mol. The maximum Gasteiger partial charge on any atom is 0.335 e. The van der Waals surface area contributed by atoms with Crippen LogP contribution in [-0.2, 0) is 26.7 Å². The number of pyridine rings is 1. The third kappa shape index (κ3) is 4.52. The number of benzene rings is 2. The molecule has 0 saturated carbocycles. The van der Waals surface area contributed by atoms with Crippen LogP contribution < -0.4 is 4.74 Å². The molecule has 2 aromatic carbocycles. The van der Waals surface area contributed by atoms with E-state index in [2.05, 4.69) is 10.1 Å². The fraction of sp³-hybridized carbons (Fsp3) is 0.154. The zero-order valence-corrected chi connectivity index (χ0v) is 19.9. The Morgan fingerprint density at radius 3 is 2.58 bits per heavy atom. The molecular formula is C26H20ClFN4O4. The van der Waals surface area contributed by atoms with Gasteiger partial charge in [-0.15, -0.1) is 0 Å². The first kappa shape index (κ1) is 23.5. The number of aromatic nitrogens is 3. The van der Waals surface area contributed by atoms with Gasteiger partial charge in [-0.25, -0.2) is 9.18 Å². The van der Waals surface area contributed by atoms with Crippen molar-refractivity contribution in [2.75, 3.05) is 0 Å². The van der Waals surface area contributed by atoms with Gasteiger partial charge in [0.15, 0.2) is 5.69 Å². The van der Waals surface area contributed by atoms with Gasteiger partial charge in [0, 0.05) is 42.5 Å². The van der Waals surface area contributed by atoms with Gasteiger partial charge in [-0.05, 0) is 47.5 Å². The van der Waals surface area contributed by atoms with Crippen molar-refractivity contribution in [2.45, 2.75) is 19.7 Å². The highest BCUT2D eigenvalue weighted by molar-refractivity contribution is 6.31. The van der Waals surface area contributed by atoms with E-state index in [1.165, 1.54) is 29.3 Å².